The first-order valence-corrected chi connectivity index (χ1v) is 8.00. The smallest absolute Gasteiger partial charge is 0.327 e. The standard InChI is InChI=1S/C19H18N2O4/c1-2-25-18(22)19(13-21(23)24,14-8-4-3-5-9-14)16-12-20-17-11-7-6-10-15(16)17/h3-12,20H,2,13H2,1H3/t19-/m1/s1. The Morgan fingerprint density at radius 1 is 1.16 bits per heavy atom. The average Bonchev–Trinajstić information content (AvgIpc) is 3.05. The van der Waals surface area contributed by atoms with Crippen molar-refractivity contribution in [2.75, 3.05) is 13.2 Å². The van der Waals surface area contributed by atoms with Crippen molar-refractivity contribution in [3.05, 3.63) is 82.0 Å². The Bertz CT molecular complexity index is 904. The number of benzene rings is 2. The van der Waals surface area contributed by atoms with E-state index in [9.17, 15) is 14.9 Å². The Kier molecular flexibility index (Phi) is 4.52. The molecule has 2 aromatic carbocycles. The number of carbonyl (C=O) groups excluding carboxylic acids is 1. The second-order valence-electron chi connectivity index (χ2n) is 5.73. The molecule has 0 aliphatic rings. The van der Waals surface area contributed by atoms with Crippen LogP contribution in [0.2, 0.25) is 0 Å². The molecule has 0 spiro atoms. The topological polar surface area (TPSA) is 85.2 Å². The fourth-order valence-corrected chi connectivity index (χ4v) is 3.22. The Morgan fingerprint density at radius 3 is 2.52 bits per heavy atom. The fraction of sp³-hybridized carbons (Fsp3) is 0.211. The van der Waals surface area contributed by atoms with Crippen LogP contribution in [0.4, 0.5) is 0 Å². The van der Waals surface area contributed by atoms with Gasteiger partial charge >= 0.3 is 5.97 Å². The largest absolute Gasteiger partial charge is 0.465 e. The quantitative estimate of drug-likeness (QED) is 0.424. The van der Waals surface area contributed by atoms with Gasteiger partial charge in [0.15, 0.2) is 5.41 Å². The average molecular weight is 338 g/mol. The number of nitro groups is 1. The molecule has 1 atom stereocenters. The first-order chi connectivity index (χ1) is 12.1. The molecule has 0 aliphatic heterocycles. The lowest BCUT2D eigenvalue weighted by Gasteiger charge is -2.28. The van der Waals surface area contributed by atoms with Crippen molar-refractivity contribution in [3.63, 3.8) is 0 Å². The van der Waals surface area contributed by atoms with Gasteiger partial charge in [-0.3, -0.25) is 14.9 Å². The number of ether oxygens (including phenoxy) is 1. The molecule has 3 aromatic rings. The van der Waals surface area contributed by atoms with E-state index < -0.39 is 22.9 Å². The van der Waals surface area contributed by atoms with E-state index in [0.29, 0.717) is 11.1 Å². The van der Waals surface area contributed by atoms with E-state index in [1.807, 2.05) is 24.3 Å². The molecule has 128 valence electrons. The molecule has 1 N–H and O–H groups in total. The van der Waals surface area contributed by atoms with Crippen LogP contribution in [0.15, 0.2) is 60.8 Å². The van der Waals surface area contributed by atoms with Gasteiger partial charge in [-0.25, -0.2) is 0 Å². The summed E-state index contributed by atoms with van der Waals surface area (Å²) in [6, 6.07) is 16.2. The highest BCUT2D eigenvalue weighted by molar-refractivity contribution is 5.95. The summed E-state index contributed by atoms with van der Waals surface area (Å²) in [5.41, 5.74) is 0.380. The van der Waals surface area contributed by atoms with Crippen molar-refractivity contribution in [1.82, 2.24) is 4.98 Å². The summed E-state index contributed by atoms with van der Waals surface area (Å²) in [7, 11) is 0. The van der Waals surface area contributed by atoms with Gasteiger partial charge < -0.3 is 9.72 Å². The lowest BCUT2D eigenvalue weighted by atomic mass is 9.74. The van der Waals surface area contributed by atoms with Crippen molar-refractivity contribution < 1.29 is 14.5 Å². The Balaban J connectivity index is 2.33. The van der Waals surface area contributed by atoms with Gasteiger partial charge in [-0.2, -0.15) is 0 Å². The molecular formula is C19H18N2O4. The number of H-pyrrole nitrogens is 1. The number of aromatic amines is 1. The molecule has 6 heteroatoms. The number of fused-ring (bicyclic) bond motifs is 1. The van der Waals surface area contributed by atoms with Crippen LogP contribution in [0.3, 0.4) is 0 Å². The second kappa shape index (κ2) is 6.76. The Morgan fingerprint density at radius 2 is 1.84 bits per heavy atom. The van der Waals surface area contributed by atoms with Crippen molar-refractivity contribution in [2.45, 2.75) is 12.3 Å². The predicted octanol–water partition coefficient (Wildman–Crippen LogP) is 3.29. The van der Waals surface area contributed by atoms with Crippen LogP contribution in [-0.2, 0) is 14.9 Å². The summed E-state index contributed by atoms with van der Waals surface area (Å²) in [4.78, 5) is 27.2. The number of esters is 1. The van der Waals surface area contributed by atoms with Gasteiger partial charge in [-0.15, -0.1) is 0 Å². The van der Waals surface area contributed by atoms with Crippen LogP contribution in [0.25, 0.3) is 10.9 Å². The van der Waals surface area contributed by atoms with Crippen molar-refractivity contribution >= 4 is 16.9 Å². The fourth-order valence-electron chi connectivity index (χ4n) is 3.22. The molecule has 1 aromatic heterocycles. The number of aromatic nitrogens is 1. The van der Waals surface area contributed by atoms with Crippen molar-refractivity contribution in [2.24, 2.45) is 0 Å². The number of rotatable bonds is 6. The molecule has 3 rings (SSSR count). The first kappa shape index (κ1) is 16.7. The molecule has 25 heavy (non-hydrogen) atoms. The third-order valence-corrected chi connectivity index (χ3v) is 4.31. The van der Waals surface area contributed by atoms with E-state index in [2.05, 4.69) is 4.98 Å². The van der Waals surface area contributed by atoms with Crippen LogP contribution in [0.1, 0.15) is 18.1 Å². The summed E-state index contributed by atoms with van der Waals surface area (Å²) in [5, 5.41) is 12.3. The van der Waals surface area contributed by atoms with Gasteiger partial charge in [0.1, 0.15) is 0 Å². The number of nitrogens with zero attached hydrogens (tertiary/aromatic N) is 1. The normalized spacial score (nSPS) is 13.3. The molecule has 0 radical (unpaired) electrons. The maximum atomic E-state index is 13.0. The van der Waals surface area contributed by atoms with E-state index >= 15 is 0 Å². The van der Waals surface area contributed by atoms with Crippen LogP contribution >= 0.6 is 0 Å². The zero-order valence-corrected chi connectivity index (χ0v) is 13.8. The third kappa shape index (κ3) is 2.87. The molecule has 0 amide bonds. The summed E-state index contributed by atoms with van der Waals surface area (Å²) in [6.45, 7) is 1.25. The van der Waals surface area contributed by atoms with Crippen LogP contribution in [-0.4, -0.2) is 29.0 Å². The number of hydrogen-bond acceptors (Lipinski definition) is 4. The minimum Gasteiger partial charge on any atom is -0.465 e. The molecule has 0 aliphatic carbocycles. The minimum absolute atomic E-state index is 0.146. The van der Waals surface area contributed by atoms with Crippen molar-refractivity contribution in [3.8, 4) is 0 Å². The number of para-hydroxylation sites is 1. The second-order valence-corrected chi connectivity index (χ2v) is 5.73. The van der Waals surface area contributed by atoms with Gasteiger partial charge in [-0.05, 0) is 18.6 Å². The third-order valence-electron chi connectivity index (χ3n) is 4.31. The maximum absolute atomic E-state index is 13.0. The highest BCUT2D eigenvalue weighted by Gasteiger charge is 2.49. The summed E-state index contributed by atoms with van der Waals surface area (Å²) in [6.07, 6.45) is 1.66. The molecule has 6 nitrogen and oxygen atoms in total. The molecule has 0 saturated heterocycles. The van der Waals surface area contributed by atoms with E-state index in [0.717, 1.165) is 10.9 Å². The zero-order valence-electron chi connectivity index (χ0n) is 13.8. The van der Waals surface area contributed by atoms with Gasteiger partial charge in [0, 0.05) is 27.6 Å². The van der Waals surface area contributed by atoms with Crippen LogP contribution < -0.4 is 0 Å². The van der Waals surface area contributed by atoms with E-state index in [1.54, 1.807) is 43.5 Å². The molecule has 0 fully saturated rings. The van der Waals surface area contributed by atoms with E-state index in [-0.39, 0.29) is 6.61 Å². The van der Waals surface area contributed by atoms with Gasteiger partial charge in [0.05, 0.1) is 6.61 Å². The number of carbonyl (C=O) groups is 1. The number of hydrogen-bond donors (Lipinski definition) is 1. The highest BCUT2D eigenvalue weighted by Crippen LogP contribution is 2.38. The first-order valence-electron chi connectivity index (χ1n) is 8.00. The summed E-state index contributed by atoms with van der Waals surface area (Å²) in [5.74, 6) is -0.623. The Labute approximate surface area is 144 Å². The van der Waals surface area contributed by atoms with Crippen LogP contribution in [0.5, 0.6) is 0 Å². The highest BCUT2D eigenvalue weighted by atomic mass is 16.6. The van der Waals surface area contributed by atoms with Gasteiger partial charge in [0.25, 0.3) is 0 Å². The molecule has 0 unspecified atom stereocenters. The monoisotopic (exact) mass is 338 g/mol. The molecule has 1 heterocycles. The van der Waals surface area contributed by atoms with Gasteiger partial charge in [-0.1, -0.05) is 48.5 Å². The lowest BCUT2D eigenvalue weighted by molar-refractivity contribution is -0.486. The maximum Gasteiger partial charge on any atom is 0.327 e. The SMILES string of the molecule is CCOC(=O)[C@](C[N+](=O)[O-])(c1ccccc1)c1c[nH]c2ccccc12. The zero-order chi connectivity index (χ0) is 17.9. The molecule has 0 bridgehead atoms. The minimum atomic E-state index is -1.51. The predicted molar refractivity (Wildman–Crippen MR) is 94.0 cm³/mol. The van der Waals surface area contributed by atoms with E-state index in [4.69, 9.17) is 4.74 Å². The lowest BCUT2D eigenvalue weighted by Crippen LogP contribution is -2.44. The molecule has 0 saturated carbocycles. The Hall–Kier alpha value is -3.15. The van der Waals surface area contributed by atoms with Crippen LogP contribution in [0, 0.1) is 10.1 Å². The van der Waals surface area contributed by atoms with Gasteiger partial charge in [0.2, 0.25) is 6.54 Å². The van der Waals surface area contributed by atoms with Crippen molar-refractivity contribution in [1.29, 1.82) is 0 Å². The van der Waals surface area contributed by atoms with E-state index in [1.165, 1.54) is 0 Å². The summed E-state index contributed by atoms with van der Waals surface area (Å²) < 4.78 is 5.28. The number of nitrogens with one attached hydrogen (secondary N) is 1. The summed E-state index contributed by atoms with van der Waals surface area (Å²) >= 11 is 0. The molecular weight excluding hydrogens is 320 g/mol.